The van der Waals surface area contributed by atoms with E-state index < -0.39 is 26.5 Å². The first kappa shape index (κ1) is 23.2. The van der Waals surface area contributed by atoms with Crippen molar-refractivity contribution in [1.82, 2.24) is 10.8 Å². The lowest BCUT2D eigenvalue weighted by atomic mass is 9.77. The van der Waals surface area contributed by atoms with Crippen LogP contribution in [0.1, 0.15) is 42.5 Å². The predicted molar refractivity (Wildman–Crippen MR) is 118 cm³/mol. The lowest BCUT2D eigenvalue weighted by Crippen LogP contribution is -2.51. The zero-order chi connectivity index (χ0) is 23.7. The van der Waals surface area contributed by atoms with Gasteiger partial charge in [0.1, 0.15) is 11.5 Å². The van der Waals surface area contributed by atoms with Crippen LogP contribution in [-0.2, 0) is 14.6 Å². The van der Waals surface area contributed by atoms with Crippen molar-refractivity contribution >= 4 is 21.7 Å². The van der Waals surface area contributed by atoms with Gasteiger partial charge in [0.15, 0.2) is 14.6 Å². The Bertz CT molecular complexity index is 1160. The number of sulfone groups is 1. The molecule has 2 aliphatic rings. The Morgan fingerprint density at radius 2 is 1.67 bits per heavy atom. The van der Waals surface area contributed by atoms with Crippen molar-refractivity contribution in [1.29, 1.82) is 0 Å². The van der Waals surface area contributed by atoms with Crippen molar-refractivity contribution in [2.24, 2.45) is 5.41 Å². The van der Waals surface area contributed by atoms with E-state index in [1.54, 1.807) is 11.5 Å². The Morgan fingerprint density at radius 3 is 2.30 bits per heavy atom. The minimum Gasteiger partial charge on any atom is -0.478 e. The minimum absolute atomic E-state index is 0.0725. The molecule has 2 aromatic carbocycles. The molecule has 1 aliphatic heterocycles. The third-order valence-corrected chi connectivity index (χ3v) is 9.30. The number of piperidine rings is 1. The highest BCUT2D eigenvalue weighted by molar-refractivity contribution is 7.93. The Balaban J connectivity index is 1.65. The molecule has 4 rings (SSSR count). The first-order valence-corrected chi connectivity index (χ1v) is 12.2. The number of carboxylic acid groups (broad SMARTS) is 1. The molecular weight excluding hydrogens is 448 g/mol. The Morgan fingerprint density at radius 1 is 0.970 bits per heavy atom. The van der Waals surface area contributed by atoms with Gasteiger partial charge in [-0.25, -0.2) is 18.7 Å². The number of amides is 1. The second-order valence-corrected chi connectivity index (χ2v) is 11.0. The molecule has 1 saturated carbocycles. The van der Waals surface area contributed by atoms with Crippen LogP contribution in [0.25, 0.3) is 0 Å². The number of ether oxygens (including phenoxy) is 1. The maximum absolute atomic E-state index is 13.8. The molecule has 1 saturated heterocycles. The smallest absolute Gasteiger partial charge is 0.335 e. The molecule has 4 N–H and O–H groups in total. The van der Waals surface area contributed by atoms with Crippen molar-refractivity contribution < 1.29 is 33.1 Å². The van der Waals surface area contributed by atoms with Gasteiger partial charge < -0.3 is 15.2 Å². The molecule has 10 heteroatoms. The molecule has 33 heavy (non-hydrogen) atoms. The molecule has 1 atom stereocenters. The maximum atomic E-state index is 13.8. The molecular formula is C23H26N2O7S. The quantitative estimate of drug-likeness (QED) is 0.370. The summed E-state index contributed by atoms with van der Waals surface area (Å²) in [6, 6.07) is 11.6. The van der Waals surface area contributed by atoms with Gasteiger partial charge in [-0.15, -0.1) is 0 Å². The molecule has 9 nitrogen and oxygen atoms in total. The van der Waals surface area contributed by atoms with Crippen LogP contribution in [-0.4, -0.2) is 48.4 Å². The van der Waals surface area contributed by atoms with Crippen LogP contribution in [0.4, 0.5) is 0 Å². The highest BCUT2D eigenvalue weighted by atomic mass is 32.2. The fraction of sp³-hybridized carbons (Fsp3) is 0.391. The number of aromatic carboxylic acids is 1. The molecule has 0 aromatic heterocycles. The standard InChI is InChI=1S/C23H26N2O7S/c26-20(27)16-4-6-17(7-5-16)32-18-2-1-3-19(14-18)33(30,31)23(21(28)25-29)9-8-22(15-23)10-12-24-13-11-22/h1-7,14,24,29H,8-13,15H2,(H,25,28)(H,26,27). The van der Waals surface area contributed by atoms with Gasteiger partial charge in [-0.2, -0.15) is 0 Å². The number of hydrogen-bond donors (Lipinski definition) is 4. The number of hydrogen-bond acceptors (Lipinski definition) is 7. The topological polar surface area (TPSA) is 142 Å². The fourth-order valence-electron chi connectivity index (χ4n) is 5.01. The van der Waals surface area contributed by atoms with Crippen molar-refractivity contribution in [3.63, 3.8) is 0 Å². The highest BCUT2D eigenvalue weighted by Crippen LogP contribution is 2.54. The lowest BCUT2D eigenvalue weighted by molar-refractivity contribution is -0.132. The molecule has 1 unspecified atom stereocenters. The van der Waals surface area contributed by atoms with Crippen molar-refractivity contribution in [3.05, 3.63) is 54.1 Å². The molecule has 1 heterocycles. The number of hydroxylamine groups is 1. The molecule has 2 fully saturated rings. The van der Waals surface area contributed by atoms with Crippen LogP contribution in [0, 0.1) is 5.41 Å². The summed E-state index contributed by atoms with van der Waals surface area (Å²) in [5, 5.41) is 21.7. The summed E-state index contributed by atoms with van der Waals surface area (Å²) >= 11 is 0. The Labute approximate surface area is 191 Å². The van der Waals surface area contributed by atoms with E-state index in [2.05, 4.69) is 5.32 Å². The van der Waals surface area contributed by atoms with Crippen LogP contribution in [0.15, 0.2) is 53.4 Å². The Hall–Kier alpha value is -2.95. The van der Waals surface area contributed by atoms with Crippen molar-refractivity contribution in [2.75, 3.05) is 13.1 Å². The summed E-state index contributed by atoms with van der Waals surface area (Å²) in [6.45, 7) is 1.53. The van der Waals surface area contributed by atoms with E-state index in [1.807, 2.05) is 0 Å². The highest BCUT2D eigenvalue weighted by Gasteiger charge is 2.60. The zero-order valence-corrected chi connectivity index (χ0v) is 18.7. The lowest BCUT2D eigenvalue weighted by Gasteiger charge is -2.36. The van der Waals surface area contributed by atoms with Crippen LogP contribution in [0.5, 0.6) is 11.5 Å². The summed E-state index contributed by atoms with van der Waals surface area (Å²) in [5.41, 5.74) is 1.44. The van der Waals surface area contributed by atoms with E-state index in [4.69, 9.17) is 9.84 Å². The zero-order valence-electron chi connectivity index (χ0n) is 17.9. The first-order valence-electron chi connectivity index (χ1n) is 10.7. The third kappa shape index (κ3) is 4.21. The van der Waals surface area contributed by atoms with Gasteiger partial charge >= 0.3 is 5.97 Å². The average Bonchev–Trinajstić information content (AvgIpc) is 3.20. The molecule has 2 aromatic rings. The van der Waals surface area contributed by atoms with Gasteiger partial charge in [0.25, 0.3) is 5.91 Å². The van der Waals surface area contributed by atoms with Gasteiger partial charge in [-0.1, -0.05) is 6.07 Å². The molecule has 0 radical (unpaired) electrons. The van der Waals surface area contributed by atoms with Crippen LogP contribution in [0.2, 0.25) is 0 Å². The molecule has 1 spiro atoms. The maximum Gasteiger partial charge on any atom is 0.335 e. The SMILES string of the molecule is O=C(O)c1ccc(Oc2cccc(S(=O)(=O)C3(C(=O)NO)CCC4(CCNCC4)C3)c2)cc1. The summed E-state index contributed by atoms with van der Waals surface area (Å²) in [7, 11) is -4.17. The molecule has 1 amide bonds. The van der Waals surface area contributed by atoms with Crippen LogP contribution in [0.3, 0.4) is 0 Å². The van der Waals surface area contributed by atoms with Crippen molar-refractivity contribution in [2.45, 2.75) is 41.7 Å². The van der Waals surface area contributed by atoms with Gasteiger partial charge in [0.05, 0.1) is 10.5 Å². The first-order chi connectivity index (χ1) is 15.7. The fourth-order valence-corrected chi connectivity index (χ4v) is 7.15. The van der Waals surface area contributed by atoms with E-state index in [0.717, 1.165) is 25.9 Å². The number of nitrogens with one attached hydrogen (secondary N) is 2. The van der Waals surface area contributed by atoms with E-state index in [-0.39, 0.29) is 34.5 Å². The van der Waals surface area contributed by atoms with Gasteiger partial charge in [-0.3, -0.25) is 10.0 Å². The Kier molecular flexibility index (Phi) is 6.17. The monoisotopic (exact) mass is 474 g/mol. The number of carbonyl (C=O) groups is 2. The second kappa shape index (κ2) is 8.77. The predicted octanol–water partition coefficient (Wildman–Crippen LogP) is 2.75. The van der Waals surface area contributed by atoms with Crippen molar-refractivity contribution in [3.8, 4) is 11.5 Å². The molecule has 0 bridgehead atoms. The second-order valence-electron chi connectivity index (χ2n) is 8.77. The summed E-state index contributed by atoms with van der Waals surface area (Å²) < 4.78 is 31.6. The van der Waals surface area contributed by atoms with Gasteiger partial charge in [0, 0.05) is 0 Å². The third-order valence-electron chi connectivity index (χ3n) is 6.87. The normalized spacial score (nSPS) is 22.1. The number of benzene rings is 2. The van der Waals surface area contributed by atoms with Gasteiger partial charge in [-0.05, 0) is 93.1 Å². The summed E-state index contributed by atoms with van der Waals surface area (Å²) in [5.74, 6) is -1.40. The van der Waals surface area contributed by atoms with Gasteiger partial charge in [0.2, 0.25) is 0 Å². The van der Waals surface area contributed by atoms with E-state index in [0.29, 0.717) is 12.2 Å². The molecule has 176 valence electrons. The van der Waals surface area contributed by atoms with E-state index in [9.17, 15) is 23.2 Å². The van der Waals surface area contributed by atoms with Crippen LogP contribution >= 0.6 is 0 Å². The number of carboxylic acids is 1. The van der Waals surface area contributed by atoms with Crippen LogP contribution < -0.4 is 15.5 Å². The van der Waals surface area contributed by atoms with E-state index in [1.165, 1.54) is 42.5 Å². The largest absolute Gasteiger partial charge is 0.478 e. The number of carbonyl (C=O) groups excluding carboxylic acids is 1. The van der Waals surface area contributed by atoms with E-state index >= 15 is 0 Å². The number of rotatable bonds is 6. The average molecular weight is 475 g/mol. The summed E-state index contributed by atoms with van der Waals surface area (Å²) in [6.07, 6.45) is 2.42. The summed E-state index contributed by atoms with van der Waals surface area (Å²) in [4.78, 5) is 23.7. The molecule has 1 aliphatic carbocycles. The minimum atomic E-state index is -4.17.